The predicted molar refractivity (Wildman–Crippen MR) is 262 cm³/mol. The van der Waals surface area contributed by atoms with E-state index in [-0.39, 0.29) is 0 Å². The fraction of sp³-hybridized carbons (Fsp3) is 0. The van der Waals surface area contributed by atoms with E-state index in [9.17, 15) is 0 Å². The minimum Gasteiger partial charge on any atom is -0.310 e. The summed E-state index contributed by atoms with van der Waals surface area (Å²) in [4.78, 5) is 2.39. The van der Waals surface area contributed by atoms with Crippen molar-refractivity contribution in [2.45, 2.75) is 0 Å². The zero-order valence-corrected chi connectivity index (χ0v) is 33.5. The molecular formula is C60H39N. The van der Waals surface area contributed by atoms with Crippen LogP contribution in [-0.4, -0.2) is 0 Å². The summed E-state index contributed by atoms with van der Waals surface area (Å²) in [5.74, 6) is 0. The molecule has 0 saturated heterocycles. The lowest BCUT2D eigenvalue weighted by molar-refractivity contribution is 1.28. The van der Waals surface area contributed by atoms with Crippen LogP contribution >= 0.6 is 0 Å². The van der Waals surface area contributed by atoms with Gasteiger partial charge in [-0.25, -0.2) is 0 Å². The van der Waals surface area contributed by atoms with E-state index in [1.54, 1.807) is 0 Å². The number of benzene rings is 12. The molecule has 0 heterocycles. The first-order valence-corrected chi connectivity index (χ1v) is 21.1. The molecular weight excluding hydrogens is 735 g/mol. The van der Waals surface area contributed by atoms with Crippen molar-refractivity contribution in [2.75, 3.05) is 4.90 Å². The van der Waals surface area contributed by atoms with Crippen LogP contribution in [0, 0.1) is 0 Å². The highest BCUT2D eigenvalue weighted by atomic mass is 15.1. The Morgan fingerprint density at radius 2 is 0.656 bits per heavy atom. The van der Waals surface area contributed by atoms with Gasteiger partial charge in [-0.1, -0.05) is 188 Å². The Morgan fingerprint density at radius 3 is 1.38 bits per heavy atom. The second-order valence-electron chi connectivity index (χ2n) is 16.1. The molecule has 0 saturated carbocycles. The van der Waals surface area contributed by atoms with E-state index in [0.717, 1.165) is 17.1 Å². The van der Waals surface area contributed by atoms with Crippen LogP contribution in [0.4, 0.5) is 17.1 Å². The highest BCUT2D eigenvalue weighted by Crippen LogP contribution is 2.42. The summed E-state index contributed by atoms with van der Waals surface area (Å²) in [6, 6.07) is 86.9. The number of anilines is 3. The summed E-state index contributed by atoms with van der Waals surface area (Å²) in [5.41, 5.74) is 10.5. The van der Waals surface area contributed by atoms with Gasteiger partial charge in [-0.15, -0.1) is 0 Å². The highest BCUT2D eigenvalue weighted by Gasteiger charge is 2.17. The lowest BCUT2D eigenvalue weighted by Gasteiger charge is -2.27. The average molecular weight is 774 g/mol. The Kier molecular flexibility index (Phi) is 8.25. The molecule has 12 aromatic rings. The lowest BCUT2D eigenvalue weighted by atomic mass is 9.93. The summed E-state index contributed by atoms with van der Waals surface area (Å²) < 4.78 is 0. The van der Waals surface area contributed by atoms with E-state index in [0.29, 0.717) is 0 Å². The number of rotatable bonds is 6. The number of hydrogen-bond acceptors (Lipinski definition) is 1. The van der Waals surface area contributed by atoms with E-state index in [1.165, 1.54) is 98.0 Å². The molecule has 0 amide bonds. The van der Waals surface area contributed by atoms with Crippen molar-refractivity contribution >= 4 is 81.7 Å². The van der Waals surface area contributed by atoms with E-state index in [4.69, 9.17) is 0 Å². The standard InChI is InChI=1S/C60H39N/c1-4-16-51-41(11-1)23-24-47-37-44(30-35-55(47)51)40-25-31-48(32-26-40)61(49-33-27-43(28-34-49)60-39-46-13-3-6-18-53(46)56-19-7-8-20-58(56)60)50-15-9-14-45(38-50)54-21-10-22-57-52-17-5-2-12-42(52)29-36-59(54)57/h1-39H. The molecule has 12 aromatic carbocycles. The van der Waals surface area contributed by atoms with E-state index < -0.39 is 0 Å². The van der Waals surface area contributed by atoms with Crippen LogP contribution in [0.2, 0.25) is 0 Å². The van der Waals surface area contributed by atoms with Crippen molar-refractivity contribution in [3.8, 4) is 33.4 Å². The monoisotopic (exact) mass is 773 g/mol. The maximum Gasteiger partial charge on any atom is 0.0467 e. The first-order chi connectivity index (χ1) is 30.2. The van der Waals surface area contributed by atoms with Crippen LogP contribution in [0.25, 0.3) is 98.0 Å². The maximum absolute atomic E-state index is 2.39. The number of nitrogens with zero attached hydrogens (tertiary/aromatic N) is 1. The lowest BCUT2D eigenvalue weighted by Crippen LogP contribution is -2.10. The van der Waals surface area contributed by atoms with Crippen LogP contribution < -0.4 is 4.90 Å². The summed E-state index contributed by atoms with van der Waals surface area (Å²) in [6.07, 6.45) is 0. The molecule has 0 unspecified atom stereocenters. The Hall–Kier alpha value is -8.00. The molecule has 1 nitrogen and oxygen atoms in total. The molecule has 0 radical (unpaired) electrons. The minimum atomic E-state index is 1.10. The van der Waals surface area contributed by atoms with Gasteiger partial charge in [-0.05, 0) is 147 Å². The van der Waals surface area contributed by atoms with Crippen LogP contribution in [0.15, 0.2) is 237 Å². The Morgan fingerprint density at radius 1 is 0.197 bits per heavy atom. The van der Waals surface area contributed by atoms with Crippen LogP contribution in [-0.2, 0) is 0 Å². The van der Waals surface area contributed by atoms with Gasteiger partial charge in [-0.3, -0.25) is 0 Å². The SMILES string of the molecule is c1cc(-c2cccc3c2ccc2ccccc23)cc(N(c2ccc(-c3ccc4c(ccc5ccccc54)c3)cc2)c2ccc(-c3cc4ccccc4c4ccccc34)cc2)c1. The molecule has 0 aliphatic carbocycles. The summed E-state index contributed by atoms with van der Waals surface area (Å²) in [6.45, 7) is 0. The van der Waals surface area contributed by atoms with Gasteiger partial charge in [0.05, 0.1) is 0 Å². The molecule has 1 heteroatoms. The van der Waals surface area contributed by atoms with Gasteiger partial charge < -0.3 is 4.90 Å². The third-order valence-corrected chi connectivity index (χ3v) is 12.6. The van der Waals surface area contributed by atoms with Crippen LogP contribution in [0.3, 0.4) is 0 Å². The quantitative estimate of drug-likeness (QED) is 0.152. The molecule has 12 rings (SSSR count). The van der Waals surface area contributed by atoms with E-state index >= 15 is 0 Å². The van der Waals surface area contributed by atoms with Crippen molar-refractivity contribution < 1.29 is 0 Å². The molecule has 0 atom stereocenters. The minimum absolute atomic E-state index is 1.10. The van der Waals surface area contributed by atoms with Gasteiger partial charge in [0.1, 0.15) is 0 Å². The molecule has 0 spiro atoms. The Labute approximate surface area is 355 Å². The van der Waals surface area contributed by atoms with Crippen molar-refractivity contribution in [1.29, 1.82) is 0 Å². The molecule has 284 valence electrons. The summed E-state index contributed by atoms with van der Waals surface area (Å²) in [7, 11) is 0. The van der Waals surface area contributed by atoms with Gasteiger partial charge in [0.15, 0.2) is 0 Å². The summed E-state index contributed by atoms with van der Waals surface area (Å²) >= 11 is 0. The first kappa shape index (κ1) is 35.0. The fourth-order valence-corrected chi connectivity index (χ4v) is 9.63. The molecule has 61 heavy (non-hydrogen) atoms. The van der Waals surface area contributed by atoms with Gasteiger partial charge in [0.2, 0.25) is 0 Å². The Bertz CT molecular complexity index is 3640. The Balaban J connectivity index is 0.976. The largest absolute Gasteiger partial charge is 0.310 e. The number of hydrogen-bond donors (Lipinski definition) is 0. The summed E-state index contributed by atoms with van der Waals surface area (Å²) in [5, 5.41) is 15.2. The third kappa shape index (κ3) is 6.02. The zero-order valence-electron chi connectivity index (χ0n) is 33.5. The predicted octanol–water partition coefficient (Wildman–Crippen LogP) is 17.1. The molecule has 0 N–H and O–H groups in total. The first-order valence-electron chi connectivity index (χ1n) is 21.1. The molecule has 0 fully saturated rings. The highest BCUT2D eigenvalue weighted by molar-refractivity contribution is 6.14. The van der Waals surface area contributed by atoms with Crippen molar-refractivity contribution in [1.82, 2.24) is 0 Å². The topological polar surface area (TPSA) is 3.24 Å². The normalized spacial score (nSPS) is 11.6. The van der Waals surface area contributed by atoms with E-state index in [2.05, 4.69) is 241 Å². The third-order valence-electron chi connectivity index (χ3n) is 12.6. The second-order valence-corrected chi connectivity index (χ2v) is 16.1. The van der Waals surface area contributed by atoms with E-state index in [1.807, 2.05) is 0 Å². The number of fused-ring (bicyclic) bond motifs is 9. The van der Waals surface area contributed by atoms with Crippen LogP contribution in [0.5, 0.6) is 0 Å². The van der Waals surface area contributed by atoms with Crippen LogP contribution in [0.1, 0.15) is 0 Å². The molecule has 0 aromatic heterocycles. The average Bonchev–Trinajstić information content (AvgIpc) is 3.34. The molecule has 0 aliphatic rings. The van der Waals surface area contributed by atoms with Crippen molar-refractivity contribution in [2.24, 2.45) is 0 Å². The zero-order chi connectivity index (χ0) is 40.3. The van der Waals surface area contributed by atoms with Gasteiger partial charge in [-0.2, -0.15) is 0 Å². The molecule has 0 bridgehead atoms. The maximum atomic E-state index is 2.39. The van der Waals surface area contributed by atoms with Gasteiger partial charge in [0, 0.05) is 17.1 Å². The van der Waals surface area contributed by atoms with Gasteiger partial charge >= 0.3 is 0 Å². The van der Waals surface area contributed by atoms with Gasteiger partial charge in [0.25, 0.3) is 0 Å². The molecule has 0 aliphatic heterocycles. The smallest absolute Gasteiger partial charge is 0.0467 e. The second kappa shape index (κ2) is 14.4. The van der Waals surface area contributed by atoms with Crippen molar-refractivity contribution in [3.63, 3.8) is 0 Å². The van der Waals surface area contributed by atoms with Crippen molar-refractivity contribution in [3.05, 3.63) is 237 Å². The fourth-order valence-electron chi connectivity index (χ4n) is 9.63.